The summed E-state index contributed by atoms with van der Waals surface area (Å²) < 4.78 is 11.2. The van der Waals surface area contributed by atoms with E-state index in [1.165, 1.54) is 0 Å². The highest BCUT2D eigenvalue weighted by Crippen LogP contribution is 2.21. The molecule has 3 rings (SSSR count). The topological polar surface area (TPSA) is 76.1 Å². The summed E-state index contributed by atoms with van der Waals surface area (Å²) in [6, 6.07) is 7.12. The maximum absolute atomic E-state index is 12.5. The number of likely N-dealkylation sites (tertiary alicyclic amines) is 1. The van der Waals surface area contributed by atoms with Gasteiger partial charge in [-0.05, 0) is 49.9 Å². The number of hydrogen-bond donors (Lipinski definition) is 1. The molecule has 6 nitrogen and oxygen atoms in total. The van der Waals surface area contributed by atoms with E-state index in [9.17, 15) is 9.59 Å². The summed E-state index contributed by atoms with van der Waals surface area (Å²) in [6.07, 6.45) is 3.32. The largest absolute Gasteiger partial charge is 0.491 e. The van der Waals surface area contributed by atoms with Crippen molar-refractivity contribution >= 4 is 11.9 Å². The van der Waals surface area contributed by atoms with Gasteiger partial charge in [-0.3, -0.25) is 9.59 Å². The number of carboxylic acids is 1. The van der Waals surface area contributed by atoms with Crippen molar-refractivity contribution in [3.8, 4) is 5.75 Å². The molecule has 0 unspecified atom stereocenters. The van der Waals surface area contributed by atoms with Crippen LogP contribution in [0.4, 0.5) is 0 Å². The molecule has 0 spiro atoms. The molecule has 6 heteroatoms. The van der Waals surface area contributed by atoms with Gasteiger partial charge in [0.2, 0.25) is 0 Å². The number of aliphatic carboxylic acids is 1. The van der Waals surface area contributed by atoms with Crippen molar-refractivity contribution in [2.75, 3.05) is 26.3 Å². The molecule has 1 N–H and O–H groups in total. The first kappa shape index (κ1) is 16.8. The first-order valence-electron chi connectivity index (χ1n) is 8.50. The van der Waals surface area contributed by atoms with Crippen LogP contribution in [-0.4, -0.2) is 54.3 Å². The molecule has 130 valence electrons. The number of rotatable bonds is 5. The first-order chi connectivity index (χ1) is 11.6. The molecule has 0 bridgehead atoms. The second-order valence-corrected chi connectivity index (χ2v) is 6.38. The van der Waals surface area contributed by atoms with E-state index in [1.807, 2.05) is 0 Å². The van der Waals surface area contributed by atoms with Crippen LogP contribution in [0.2, 0.25) is 0 Å². The monoisotopic (exact) mass is 333 g/mol. The highest BCUT2D eigenvalue weighted by Gasteiger charge is 2.27. The number of carbonyl (C=O) groups excluding carboxylic acids is 1. The highest BCUT2D eigenvalue weighted by molar-refractivity contribution is 5.94. The summed E-state index contributed by atoms with van der Waals surface area (Å²) in [5.41, 5.74) is 0.605. The molecular formula is C18H23NO5. The van der Waals surface area contributed by atoms with E-state index in [-0.39, 0.29) is 17.9 Å². The molecule has 1 atom stereocenters. The number of amides is 1. The van der Waals surface area contributed by atoms with Crippen molar-refractivity contribution in [3.63, 3.8) is 0 Å². The van der Waals surface area contributed by atoms with Gasteiger partial charge in [-0.15, -0.1) is 0 Å². The third-order valence-corrected chi connectivity index (χ3v) is 4.69. The van der Waals surface area contributed by atoms with Gasteiger partial charge in [0, 0.05) is 25.3 Å². The van der Waals surface area contributed by atoms with Crippen molar-refractivity contribution in [3.05, 3.63) is 29.8 Å². The fraction of sp³-hybridized carbons (Fsp3) is 0.556. The standard InChI is InChI=1S/C18H23NO5/c20-17(19-9-7-14(8-10-19)18(21)22)13-3-5-15(6-4-13)24-12-16-2-1-11-23-16/h3-6,14,16H,1-2,7-12H2,(H,21,22)/t16-/m1/s1. The van der Waals surface area contributed by atoms with E-state index in [4.69, 9.17) is 14.6 Å². The van der Waals surface area contributed by atoms with Gasteiger partial charge >= 0.3 is 5.97 Å². The van der Waals surface area contributed by atoms with Crippen molar-refractivity contribution in [1.82, 2.24) is 4.90 Å². The number of piperidine rings is 1. The minimum absolute atomic E-state index is 0.0514. The van der Waals surface area contributed by atoms with E-state index in [0.717, 1.165) is 25.2 Å². The Bertz CT molecular complexity index is 572. The Morgan fingerprint density at radius 2 is 1.88 bits per heavy atom. The number of hydrogen-bond acceptors (Lipinski definition) is 4. The summed E-state index contributed by atoms with van der Waals surface area (Å²) in [5.74, 6) is -0.423. The lowest BCUT2D eigenvalue weighted by Crippen LogP contribution is -2.40. The maximum atomic E-state index is 12.5. The molecule has 1 amide bonds. The summed E-state index contributed by atoms with van der Waals surface area (Å²) in [5, 5.41) is 9.01. The van der Waals surface area contributed by atoms with Crippen molar-refractivity contribution in [2.24, 2.45) is 5.92 Å². The first-order valence-corrected chi connectivity index (χ1v) is 8.50. The normalized spacial score (nSPS) is 21.7. The fourth-order valence-corrected chi connectivity index (χ4v) is 3.17. The lowest BCUT2D eigenvalue weighted by atomic mass is 9.96. The minimum atomic E-state index is -0.769. The summed E-state index contributed by atoms with van der Waals surface area (Å²) >= 11 is 0. The molecule has 0 aliphatic carbocycles. The third-order valence-electron chi connectivity index (χ3n) is 4.69. The van der Waals surface area contributed by atoms with Crippen LogP contribution >= 0.6 is 0 Å². The molecule has 24 heavy (non-hydrogen) atoms. The van der Waals surface area contributed by atoms with Crippen LogP contribution < -0.4 is 4.74 Å². The molecule has 2 aliphatic heterocycles. The molecule has 2 saturated heterocycles. The van der Waals surface area contributed by atoms with E-state index >= 15 is 0 Å². The summed E-state index contributed by atoms with van der Waals surface area (Å²) in [7, 11) is 0. The molecule has 0 aromatic heterocycles. The second kappa shape index (κ2) is 7.66. The van der Waals surface area contributed by atoms with Gasteiger partial charge in [0.25, 0.3) is 5.91 Å². The third kappa shape index (κ3) is 4.06. The van der Waals surface area contributed by atoms with Crippen LogP contribution in [-0.2, 0) is 9.53 Å². The number of carbonyl (C=O) groups is 2. The second-order valence-electron chi connectivity index (χ2n) is 6.38. The predicted molar refractivity (Wildman–Crippen MR) is 87.2 cm³/mol. The van der Waals surface area contributed by atoms with Gasteiger partial charge < -0.3 is 19.5 Å². The minimum Gasteiger partial charge on any atom is -0.491 e. The van der Waals surface area contributed by atoms with E-state index in [0.29, 0.717) is 38.1 Å². The lowest BCUT2D eigenvalue weighted by molar-refractivity contribution is -0.143. The molecule has 1 aromatic rings. The smallest absolute Gasteiger partial charge is 0.306 e. The van der Waals surface area contributed by atoms with E-state index in [1.54, 1.807) is 29.2 Å². The number of ether oxygens (including phenoxy) is 2. The Morgan fingerprint density at radius 3 is 2.46 bits per heavy atom. The average molecular weight is 333 g/mol. The van der Waals surface area contributed by atoms with Gasteiger partial charge in [0.15, 0.2) is 0 Å². The van der Waals surface area contributed by atoms with Crippen LogP contribution in [0, 0.1) is 5.92 Å². The zero-order chi connectivity index (χ0) is 16.9. The highest BCUT2D eigenvalue weighted by atomic mass is 16.5. The number of benzene rings is 1. The molecule has 2 heterocycles. The van der Waals surface area contributed by atoms with Crippen molar-refractivity contribution in [2.45, 2.75) is 31.8 Å². The van der Waals surface area contributed by atoms with E-state index < -0.39 is 5.97 Å². The van der Waals surface area contributed by atoms with Crippen molar-refractivity contribution in [1.29, 1.82) is 0 Å². The molecule has 2 aliphatic rings. The summed E-state index contributed by atoms with van der Waals surface area (Å²) in [6.45, 7) is 2.33. The fourth-order valence-electron chi connectivity index (χ4n) is 3.17. The SMILES string of the molecule is O=C(O)C1CCN(C(=O)c2ccc(OC[C@H]3CCCO3)cc2)CC1. The average Bonchev–Trinajstić information content (AvgIpc) is 3.13. The van der Waals surface area contributed by atoms with E-state index in [2.05, 4.69) is 0 Å². The van der Waals surface area contributed by atoms with Crippen LogP contribution in [0.1, 0.15) is 36.0 Å². The molecule has 1 aromatic carbocycles. The molecule has 0 radical (unpaired) electrons. The van der Waals surface area contributed by atoms with Gasteiger partial charge in [-0.1, -0.05) is 0 Å². The predicted octanol–water partition coefficient (Wildman–Crippen LogP) is 2.18. The Morgan fingerprint density at radius 1 is 1.17 bits per heavy atom. The zero-order valence-corrected chi connectivity index (χ0v) is 13.6. The van der Waals surface area contributed by atoms with Gasteiger partial charge in [-0.25, -0.2) is 0 Å². The quantitative estimate of drug-likeness (QED) is 0.894. The lowest BCUT2D eigenvalue weighted by Gasteiger charge is -2.30. The maximum Gasteiger partial charge on any atom is 0.306 e. The summed E-state index contributed by atoms with van der Waals surface area (Å²) in [4.78, 5) is 25.2. The number of carboxylic acid groups (broad SMARTS) is 1. The van der Waals surface area contributed by atoms with Crippen LogP contribution in [0.5, 0.6) is 5.75 Å². The van der Waals surface area contributed by atoms with Gasteiger partial charge in [0.1, 0.15) is 12.4 Å². The van der Waals surface area contributed by atoms with Crippen LogP contribution in [0.25, 0.3) is 0 Å². The Hall–Kier alpha value is -2.08. The molecule has 0 saturated carbocycles. The Kier molecular flexibility index (Phi) is 5.35. The molecular weight excluding hydrogens is 310 g/mol. The Balaban J connectivity index is 1.51. The molecule has 2 fully saturated rings. The van der Waals surface area contributed by atoms with Crippen molar-refractivity contribution < 1.29 is 24.2 Å². The number of nitrogens with zero attached hydrogens (tertiary/aromatic N) is 1. The Labute approximate surface area is 141 Å². The van der Waals surface area contributed by atoms with Crippen LogP contribution in [0.3, 0.4) is 0 Å². The van der Waals surface area contributed by atoms with Gasteiger partial charge in [0.05, 0.1) is 12.0 Å². The van der Waals surface area contributed by atoms with Gasteiger partial charge in [-0.2, -0.15) is 0 Å². The van der Waals surface area contributed by atoms with Crippen LogP contribution in [0.15, 0.2) is 24.3 Å². The zero-order valence-electron chi connectivity index (χ0n) is 13.6.